The first-order chi connectivity index (χ1) is 13.6. The number of hydrogen-bond acceptors (Lipinski definition) is 7. The monoisotopic (exact) mass is 437 g/mol. The van der Waals surface area contributed by atoms with E-state index in [1.165, 1.54) is 11.3 Å². The van der Waals surface area contributed by atoms with Crippen molar-refractivity contribution < 1.29 is 14.3 Å². The summed E-state index contributed by atoms with van der Waals surface area (Å²) >= 11 is 8.46. The van der Waals surface area contributed by atoms with Gasteiger partial charge in [-0.2, -0.15) is 0 Å². The second-order valence-corrected chi connectivity index (χ2v) is 7.82. The first-order valence-corrected chi connectivity index (χ1v) is 10.4. The molecule has 0 aliphatic rings. The minimum atomic E-state index is -0.536. The fraction of sp³-hybridized carbons (Fsp3) is 0.176. The van der Waals surface area contributed by atoms with Crippen LogP contribution in [0.4, 0.5) is 4.79 Å². The van der Waals surface area contributed by atoms with Gasteiger partial charge in [0.25, 0.3) is 0 Å². The summed E-state index contributed by atoms with van der Waals surface area (Å²) < 4.78 is 5.56. The van der Waals surface area contributed by atoms with Crippen molar-refractivity contribution in [3.05, 3.63) is 57.5 Å². The number of nitrogens with one attached hydrogen (secondary N) is 3. The molecule has 0 radical (unpaired) electrons. The molecule has 2 aromatic heterocycles. The van der Waals surface area contributed by atoms with Gasteiger partial charge < -0.3 is 10.1 Å². The van der Waals surface area contributed by atoms with E-state index >= 15 is 0 Å². The maximum absolute atomic E-state index is 11.8. The van der Waals surface area contributed by atoms with Gasteiger partial charge in [0.05, 0.1) is 12.3 Å². The van der Waals surface area contributed by atoms with E-state index in [1.807, 2.05) is 17.5 Å². The third-order valence-corrected chi connectivity index (χ3v) is 5.26. The van der Waals surface area contributed by atoms with E-state index in [1.54, 1.807) is 24.3 Å². The molecule has 1 aromatic carbocycles. The van der Waals surface area contributed by atoms with Crippen molar-refractivity contribution in [2.45, 2.75) is 18.3 Å². The number of aromatic nitrogens is 3. The summed E-state index contributed by atoms with van der Waals surface area (Å²) in [6.07, 6.45) is 0. The van der Waals surface area contributed by atoms with Crippen LogP contribution in [-0.4, -0.2) is 32.9 Å². The first kappa shape index (κ1) is 20.2. The molecule has 8 nitrogen and oxygen atoms in total. The predicted octanol–water partition coefficient (Wildman–Crippen LogP) is 3.22. The number of amides is 3. The normalized spacial score (nSPS) is 10.5. The average molecular weight is 438 g/mol. The van der Waals surface area contributed by atoms with E-state index < -0.39 is 11.9 Å². The van der Waals surface area contributed by atoms with Gasteiger partial charge >= 0.3 is 6.03 Å². The first-order valence-electron chi connectivity index (χ1n) is 8.11. The average Bonchev–Trinajstić information content (AvgIpc) is 3.36. The third kappa shape index (κ3) is 6.55. The lowest BCUT2D eigenvalue weighted by Crippen LogP contribution is -2.39. The minimum Gasteiger partial charge on any atom is -0.486 e. The number of rotatable bonds is 8. The summed E-state index contributed by atoms with van der Waals surface area (Å²) in [5, 5.41) is 14.6. The number of thioether (sulfide) groups is 1. The Morgan fingerprint density at radius 3 is 2.82 bits per heavy atom. The Balaban J connectivity index is 1.36. The van der Waals surface area contributed by atoms with Gasteiger partial charge in [0.15, 0.2) is 5.82 Å². The number of ether oxygens (including phenoxy) is 1. The second kappa shape index (κ2) is 10.1. The Bertz CT molecular complexity index is 915. The summed E-state index contributed by atoms with van der Waals surface area (Å²) in [6.45, 7) is 0.578. The van der Waals surface area contributed by atoms with Crippen molar-refractivity contribution in [2.24, 2.45) is 0 Å². The zero-order valence-electron chi connectivity index (χ0n) is 14.5. The molecule has 3 amide bonds. The predicted molar refractivity (Wildman–Crippen MR) is 108 cm³/mol. The number of aromatic amines is 1. The van der Waals surface area contributed by atoms with Crippen LogP contribution in [0, 0.1) is 0 Å². The molecule has 3 rings (SSSR count). The van der Waals surface area contributed by atoms with Crippen LogP contribution in [0.1, 0.15) is 10.7 Å². The largest absolute Gasteiger partial charge is 0.486 e. The summed E-state index contributed by atoms with van der Waals surface area (Å²) in [7, 11) is 0. The van der Waals surface area contributed by atoms with Crippen LogP contribution in [0.25, 0.3) is 0 Å². The van der Waals surface area contributed by atoms with Crippen molar-refractivity contribution >= 4 is 46.6 Å². The Morgan fingerprint density at radius 2 is 2.07 bits per heavy atom. The van der Waals surface area contributed by atoms with E-state index in [4.69, 9.17) is 16.3 Å². The van der Waals surface area contributed by atoms with Gasteiger partial charge in [-0.25, -0.2) is 9.78 Å². The molecule has 3 N–H and O–H groups in total. The van der Waals surface area contributed by atoms with Crippen molar-refractivity contribution in [1.82, 2.24) is 25.8 Å². The van der Waals surface area contributed by atoms with Gasteiger partial charge in [-0.3, -0.25) is 15.2 Å². The maximum atomic E-state index is 11.8. The van der Waals surface area contributed by atoms with Crippen LogP contribution in [0.2, 0.25) is 5.02 Å². The fourth-order valence-corrected chi connectivity index (χ4v) is 3.39. The summed E-state index contributed by atoms with van der Waals surface area (Å²) in [5.74, 6) is 0.758. The van der Waals surface area contributed by atoms with Crippen molar-refractivity contribution in [3.63, 3.8) is 0 Å². The Labute approximate surface area is 174 Å². The molecule has 0 bridgehead atoms. The van der Waals surface area contributed by atoms with Crippen LogP contribution in [0.5, 0.6) is 5.75 Å². The summed E-state index contributed by atoms with van der Waals surface area (Å²) in [4.78, 5) is 28.8. The van der Waals surface area contributed by atoms with Crippen molar-refractivity contribution in [3.8, 4) is 5.75 Å². The molecule has 2 heterocycles. The SMILES string of the molecule is O=C(CSc1n[nH]c(COc2ccc(Cl)cc2)n1)NC(=O)NCc1cccs1. The molecular formula is C17H16ClN5O3S2. The molecule has 0 spiro atoms. The van der Waals surface area contributed by atoms with Gasteiger partial charge in [0.2, 0.25) is 11.1 Å². The standard InChI is InChI=1S/C17H16ClN5O3S2/c18-11-3-5-12(6-4-11)26-9-14-20-17(23-22-14)28-10-15(24)21-16(25)19-8-13-2-1-7-27-13/h1-7H,8-10H2,(H,20,22,23)(H2,19,21,24,25). The zero-order valence-corrected chi connectivity index (χ0v) is 16.9. The molecule has 0 unspecified atom stereocenters. The number of thiophene rings is 1. The van der Waals surface area contributed by atoms with Gasteiger partial charge in [-0.15, -0.1) is 16.4 Å². The highest BCUT2D eigenvalue weighted by Crippen LogP contribution is 2.17. The van der Waals surface area contributed by atoms with E-state index in [2.05, 4.69) is 25.8 Å². The number of nitrogens with zero attached hydrogens (tertiary/aromatic N) is 2. The highest BCUT2D eigenvalue weighted by molar-refractivity contribution is 7.99. The van der Waals surface area contributed by atoms with E-state index in [0.717, 1.165) is 16.6 Å². The number of benzene rings is 1. The topological polar surface area (TPSA) is 109 Å². The minimum absolute atomic E-state index is 0.0156. The van der Waals surface area contributed by atoms with Crippen LogP contribution >= 0.6 is 34.7 Å². The highest BCUT2D eigenvalue weighted by atomic mass is 35.5. The molecule has 28 heavy (non-hydrogen) atoms. The smallest absolute Gasteiger partial charge is 0.321 e. The quantitative estimate of drug-likeness (QED) is 0.467. The van der Waals surface area contributed by atoms with E-state index in [9.17, 15) is 9.59 Å². The molecule has 0 aliphatic heterocycles. The Kier molecular flexibility index (Phi) is 7.29. The molecule has 0 atom stereocenters. The molecular weight excluding hydrogens is 422 g/mol. The summed E-state index contributed by atoms with van der Waals surface area (Å²) in [5.41, 5.74) is 0. The number of H-pyrrole nitrogens is 1. The number of hydrogen-bond donors (Lipinski definition) is 3. The Morgan fingerprint density at radius 1 is 1.25 bits per heavy atom. The van der Waals surface area contributed by atoms with Gasteiger partial charge in [-0.1, -0.05) is 29.4 Å². The van der Waals surface area contributed by atoms with Crippen molar-refractivity contribution in [1.29, 1.82) is 0 Å². The molecule has 11 heteroatoms. The van der Waals surface area contributed by atoms with Crippen LogP contribution in [0.15, 0.2) is 46.9 Å². The molecule has 146 valence electrons. The molecule has 0 aliphatic carbocycles. The number of carbonyl (C=O) groups is 2. The number of carbonyl (C=O) groups excluding carboxylic acids is 2. The number of imide groups is 1. The number of urea groups is 1. The van der Waals surface area contributed by atoms with Crippen LogP contribution in [-0.2, 0) is 17.9 Å². The lowest BCUT2D eigenvalue weighted by molar-refractivity contribution is -0.117. The highest BCUT2D eigenvalue weighted by Gasteiger charge is 2.11. The number of halogens is 1. The van der Waals surface area contributed by atoms with Crippen LogP contribution in [0.3, 0.4) is 0 Å². The van der Waals surface area contributed by atoms with E-state index in [-0.39, 0.29) is 12.4 Å². The molecule has 0 saturated heterocycles. The molecule has 0 saturated carbocycles. The van der Waals surface area contributed by atoms with Gasteiger partial charge in [0, 0.05) is 9.90 Å². The lowest BCUT2D eigenvalue weighted by atomic mass is 10.3. The zero-order chi connectivity index (χ0) is 19.8. The maximum Gasteiger partial charge on any atom is 0.321 e. The van der Waals surface area contributed by atoms with E-state index in [0.29, 0.717) is 28.3 Å². The fourth-order valence-electron chi connectivity index (χ4n) is 2.01. The Hall–Kier alpha value is -2.56. The second-order valence-electron chi connectivity index (χ2n) is 5.41. The molecule has 3 aromatic rings. The molecule has 0 fully saturated rings. The van der Waals surface area contributed by atoms with Gasteiger partial charge in [0.1, 0.15) is 12.4 Å². The van der Waals surface area contributed by atoms with Crippen LogP contribution < -0.4 is 15.4 Å². The summed E-state index contributed by atoms with van der Waals surface area (Å²) in [6, 6.07) is 10.2. The van der Waals surface area contributed by atoms with Gasteiger partial charge in [-0.05, 0) is 35.7 Å². The lowest BCUT2D eigenvalue weighted by Gasteiger charge is -2.04. The third-order valence-electron chi connectivity index (χ3n) is 3.29. The van der Waals surface area contributed by atoms with Crippen molar-refractivity contribution in [2.75, 3.05) is 5.75 Å².